The van der Waals surface area contributed by atoms with Crippen molar-refractivity contribution >= 4 is 11.8 Å². The standard InChI is InChI=1S/C19H27N3O2/c1-12(2)8-14-10-23-18(20-14)16-6-5-7-17(22-16)19-21-15(11-24-19)9-13(3)4/h5-7,12-15H,8-11H2,1-4H3. The van der Waals surface area contributed by atoms with Gasteiger partial charge in [-0.3, -0.25) is 0 Å². The maximum absolute atomic E-state index is 5.75. The first-order valence-corrected chi connectivity index (χ1v) is 8.90. The van der Waals surface area contributed by atoms with Crippen molar-refractivity contribution in [2.75, 3.05) is 13.2 Å². The summed E-state index contributed by atoms with van der Waals surface area (Å²) in [5.74, 6) is 2.50. The van der Waals surface area contributed by atoms with Crippen LogP contribution in [0, 0.1) is 11.8 Å². The van der Waals surface area contributed by atoms with Crippen molar-refractivity contribution in [3.8, 4) is 0 Å². The first kappa shape index (κ1) is 16.9. The molecule has 0 bridgehead atoms. The van der Waals surface area contributed by atoms with Gasteiger partial charge in [0.1, 0.15) is 24.6 Å². The summed E-state index contributed by atoms with van der Waals surface area (Å²) in [5.41, 5.74) is 1.52. The summed E-state index contributed by atoms with van der Waals surface area (Å²) in [6.07, 6.45) is 2.08. The van der Waals surface area contributed by atoms with Crippen molar-refractivity contribution in [2.45, 2.75) is 52.6 Å². The molecule has 0 aliphatic carbocycles. The van der Waals surface area contributed by atoms with Gasteiger partial charge in [-0.25, -0.2) is 15.0 Å². The van der Waals surface area contributed by atoms with Crippen LogP contribution in [0.25, 0.3) is 0 Å². The lowest BCUT2D eigenvalue weighted by molar-refractivity contribution is 0.299. The van der Waals surface area contributed by atoms with Gasteiger partial charge in [0, 0.05) is 0 Å². The Morgan fingerprint density at radius 3 is 1.75 bits per heavy atom. The van der Waals surface area contributed by atoms with Crippen LogP contribution in [0.2, 0.25) is 0 Å². The van der Waals surface area contributed by atoms with Gasteiger partial charge in [-0.2, -0.15) is 0 Å². The Balaban J connectivity index is 1.74. The molecule has 0 spiro atoms. The molecule has 0 saturated carbocycles. The first-order chi connectivity index (χ1) is 11.5. The molecule has 2 atom stereocenters. The van der Waals surface area contributed by atoms with E-state index in [0.717, 1.165) is 24.2 Å². The minimum Gasteiger partial charge on any atom is -0.474 e. The molecule has 24 heavy (non-hydrogen) atoms. The van der Waals surface area contributed by atoms with Gasteiger partial charge in [-0.1, -0.05) is 33.8 Å². The summed E-state index contributed by atoms with van der Waals surface area (Å²) in [4.78, 5) is 14.0. The molecule has 0 fully saturated rings. The Kier molecular flexibility index (Phi) is 5.17. The fourth-order valence-electron chi connectivity index (χ4n) is 3.11. The second-order valence-electron chi connectivity index (χ2n) is 7.47. The molecule has 0 aromatic carbocycles. The van der Waals surface area contributed by atoms with E-state index < -0.39 is 0 Å². The van der Waals surface area contributed by atoms with E-state index in [0.29, 0.717) is 36.8 Å². The predicted molar refractivity (Wildman–Crippen MR) is 95.7 cm³/mol. The molecule has 2 unspecified atom stereocenters. The predicted octanol–water partition coefficient (Wildman–Crippen LogP) is 3.46. The zero-order valence-corrected chi connectivity index (χ0v) is 15.0. The fourth-order valence-corrected chi connectivity index (χ4v) is 3.11. The van der Waals surface area contributed by atoms with Gasteiger partial charge in [0.15, 0.2) is 0 Å². The Labute approximate surface area is 144 Å². The van der Waals surface area contributed by atoms with Crippen LogP contribution in [0.3, 0.4) is 0 Å². The van der Waals surface area contributed by atoms with Crippen molar-refractivity contribution < 1.29 is 9.47 Å². The molecule has 0 amide bonds. The van der Waals surface area contributed by atoms with Gasteiger partial charge >= 0.3 is 0 Å². The van der Waals surface area contributed by atoms with Crippen LogP contribution >= 0.6 is 0 Å². The van der Waals surface area contributed by atoms with Crippen LogP contribution < -0.4 is 0 Å². The monoisotopic (exact) mass is 329 g/mol. The maximum Gasteiger partial charge on any atom is 0.235 e. The SMILES string of the molecule is CC(C)CC1COC(c2cccc(C3=NC(CC(C)C)CO3)n2)=N1. The molecule has 5 heteroatoms. The lowest BCUT2D eigenvalue weighted by Crippen LogP contribution is -2.10. The van der Waals surface area contributed by atoms with E-state index in [-0.39, 0.29) is 12.1 Å². The van der Waals surface area contributed by atoms with E-state index in [2.05, 4.69) is 42.7 Å². The zero-order chi connectivity index (χ0) is 17.1. The third-order valence-electron chi connectivity index (χ3n) is 4.10. The zero-order valence-electron chi connectivity index (χ0n) is 15.0. The van der Waals surface area contributed by atoms with E-state index in [4.69, 9.17) is 9.47 Å². The molecule has 5 nitrogen and oxygen atoms in total. The van der Waals surface area contributed by atoms with Gasteiger partial charge in [-0.05, 0) is 36.8 Å². The molecule has 2 aliphatic heterocycles. The third kappa shape index (κ3) is 4.13. The highest BCUT2D eigenvalue weighted by Crippen LogP contribution is 2.19. The van der Waals surface area contributed by atoms with Crippen molar-refractivity contribution in [1.29, 1.82) is 0 Å². The summed E-state index contributed by atoms with van der Waals surface area (Å²) in [6.45, 7) is 10.1. The van der Waals surface area contributed by atoms with Crippen molar-refractivity contribution in [2.24, 2.45) is 21.8 Å². The van der Waals surface area contributed by atoms with Gasteiger partial charge in [0.05, 0.1) is 12.1 Å². The number of hydrogen-bond donors (Lipinski definition) is 0. The number of ether oxygens (including phenoxy) is 2. The third-order valence-corrected chi connectivity index (χ3v) is 4.10. The summed E-state index contributed by atoms with van der Waals surface area (Å²) in [6, 6.07) is 6.30. The summed E-state index contributed by atoms with van der Waals surface area (Å²) in [5, 5.41) is 0. The van der Waals surface area contributed by atoms with Crippen LogP contribution in [0.5, 0.6) is 0 Å². The fraction of sp³-hybridized carbons (Fsp3) is 0.632. The van der Waals surface area contributed by atoms with Crippen LogP contribution in [-0.2, 0) is 9.47 Å². The minimum absolute atomic E-state index is 0.237. The lowest BCUT2D eigenvalue weighted by Gasteiger charge is -2.06. The molecule has 0 saturated heterocycles. The van der Waals surface area contributed by atoms with Crippen molar-refractivity contribution in [3.05, 3.63) is 29.6 Å². The molecule has 0 N–H and O–H groups in total. The average molecular weight is 329 g/mol. The van der Waals surface area contributed by atoms with E-state index in [9.17, 15) is 0 Å². The largest absolute Gasteiger partial charge is 0.474 e. The van der Waals surface area contributed by atoms with Gasteiger partial charge in [0.25, 0.3) is 0 Å². The van der Waals surface area contributed by atoms with E-state index in [1.165, 1.54) is 0 Å². The Morgan fingerprint density at radius 2 is 1.33 bits per heavy atom. The molecule has 3 rings (SSSR count). The number of pyridine rings is 1. The van der Waals surface area contributed by atoms with Gasteiger partial charge in [0.2, 0.25) is 11.8 Å². The second kappa shape index (κ2) is 7.32. The number of hydrogen-bond acceptors (Lipinski definition) is 5. The van der Waals surface area contributed by atoms with Crippen LogP contribution in [0.15, 0.2) is 28.2 Å². The quantitative estimate of drug-likeness (QED) is 0.803. The Bertz CT molecular complexity index is 586. The molecule has 1 aromatic rings. The minimum atomic E-state index is 0.237. The molecule has 0 radical (unpaired) electrons. The number of nitrogens with zero attached hydrogens (tertiary/aromatic N) is 3. The van der Waals surface area contributed by atoms with E-state index in [1.54, 1.807) is 0 Å². The molecule has 130 valence electrons. The summed E-state index contributed by atoms with van der Waals surface area (Å²) >= 11 is 0. The maximum atomic E-state index is 5.75. The number of rotatable bonds is 6. The highest BCUT2D eigenvalue weighted by molar-refractivity contribution is 5.97. The van der Waals surface area contributed by atoms with Gasteiger partial charge in [-0.15, -0.1) is 0 Å². The summed E-state index contributed by atoms with van der Waals surface area (Å²) < 4.78 is 11.5. The normalized spacial score (nSPS) is 23.2. The summed E-state index contributed by atoms with van der Waals surface area (Å²) in [7, 11) is 0. The molecule has 1 aromatic heterocycles. The Morgan fingerprint density at radius 1 is 0.875 bits per heavy atom. The highest BCUT2D eigenvalue weighted by Gasteiger charge is 2.25. The smallest absolute Gasteiger partial charge is 0.235 e. The lowest BCUT2D eigenvalue weighted by atomic mass is 10.1. The molecule has 3 heterocycles. The number of aromatic nitrogens is 1. The number of aliphatic imine (C=N–C) groups is 2. The first-order valence-electron chi connectivity index (χ1n) is 8.90. The van der Waals surface area contributed by atoms with E-state index >= 15 is 0 Å². The van der Waals surface area contributed by atoms with E-state index in [1.807, 2.05) is 18.2 Å². The van der Waals surface area contributed by atoms with Gasteiger partial charge < -0.3 is 9.47 Å². The Hall–Kier alpha value is -1.91. The van der Waals surface area contributed by atoms with Crippen molar-refractivity contribution in [3.63, 3.8) is 0 Å². The second-order valence-corrected chi connectivity index (χ2v) is 7.47. The van der Waals surface area contributed by atoms with Crippen molar-refractivity contribution in [1.82, 2.24) is 4.98 Å². The van der Waals surface area contributed by atoms with Crippen LogP contribution in [0.1, 0.15) is 51.9 Å². The molecule has 2 aliphatic rings. The molecular weight excluding hydrogens is 302 g/mol. The average Bonchev–Trinajstić information content (AvgIpc) is 3.16. The molecular formula is C19H27N3O2. The highest BCUT2D eigenvalue weighted by atomic mass is 16.5. The van der Waals surface area contributed by atoms with Crippen LogP contribution in [-0.4, -0.2) is 42.1 Å². The van der Waals surface area contributed by atoms with Crippen LogP contribution in [0.4, 0.5) is 0 Å². The topological polar surface area (TPSA) is 56.1 Å².